The number of benzene rings is 1. The zero-order valence-electron chi connectivity index (χ0n) is 24.0. The van der Waals surface area contributed by atoms with Gasteiger partial charge in [0.25, 0.3) is 0 Å². The maximum atomic E-state index is 9.98. The van der Waals surface area contributed by atoms with Crippen LogP contribution in [0.5, 0.6) is 0 Å². The van der Waals surface area contributed by atoms with Gasteiger partial charge in [-0.3, -0.25) is 9.98 Å². The number of hydrogen-bond donors (Lipinski definition) is 3. The fourth-order valence-electron chi connectivity index (χ4n) is 3.66. The number of nitrogens with one attached hydrogen (secondary N) is 2. The van der Waals surface area contributed by atoms with Crippen LogP contribution in [-0.4, -0.2) is 48.3 Å². The largest absolute Gasteiger partial charge is 0.400 e. The summed E-state index contributed by atoms with van der Waals surface area (Å²) in [6.45, 7) is 9.92. The summed E-state index contributed by atoms with van der Waals surface area (Å²) in [6.07, 6.45) is 16.4. The second-order valence-electron chi connectivity index (χ2n) is 8.94. The standard InChI is InChI=1S/C11H14N4.C9H18O.C6H6.C5H5N.CH4O.H2/c1-7-14-9-3-8(6-12)11(13-2)5-10(4-9)15-7;1-3-4-6-9(2)7-5-8-10;2*1-2-4-6-5-3-1;1-2;/h3,5-6,8,11-12H,2,4H2,1H3,(H,14,15);8-9H,3-7H2,1-2H3;1-6H;1-5H;2H,1H3;1H. The number of aromatic nitrogens is 1. The minimum atomic E-state index is -0.0522. The van der Waals surface area contributed by atoms with Crippen LogP contribution in [0.1, 0.15) is 60.7 Å². The quantitative estimate of drug-likeness (QED) is 0.251. The minimum absolute atomic E-state index is 0. The number of unbranched alkanes of at least 4 members (excludes halogenated alkanes) is 1. The third-order valence-corrected chi connectivity index (χ3v) is 5.64. The van der Waals surface area contributed by atoms with E-state index >= 15 is 0 Å². The molecule has 2 heterocycles. The molecule has 0 fully saturated rings. The molecule has 4 rings (SSSR count). The molecule has 1 aromatic heterocycles. The number of aldehydes is 1. The van der Waals surface area contributed by atoms with Crippen LogP contribution in [0.25, 0.3) is 0 Å². The molecular weight excluding hydrogens is 486 g/mol. The van der Waals surface area contributed by atoms with E-state index in [0.717, 1.165) is 55.8 Å². The summed E-state index contributed by atoms with van der Waals surface area (Å²) in [5, 5.41) is 17.6. The van der Waals surface area contributed by atoms with E-state index < -0.39 is 0 Å². The monoisotopic (exact) mass is 535 g/mol. The lowest BCUT2D eigenvalue weighted by atomic mass is 10.00. The van der Waals surface area contributed by atoms with Gasteiger partial charge in [-0.25, -0.2) is 4.99 Å². The molecule has 7 nitrogen and oxygen atoms in total. The summed E-state index contributed by atoms with van der Waals surface area (Å²) >= 11 is 0. The van der Waals surface area contributed by atoms with Crippen molar-refractivity contribution < 1.29 is 11.3 Å². The Hall–Kier alpha value is -3.71. The zero-order valence-corrected chi connectivity index (χ0v) is 24.0. The Morgan fingerprint density at radius 3 is 2.13 bits per heavy atom. The minimum Gasteiger partial charge on any atom is -0.400 e. The third-order valence-electron chi connectivity index (χ3n) is 5.64. The fraction of sp³-hybridized carbons (Fsp3) is 0.406. The average molecular weight is 536 g/mol. The van der Waals surface area contributed by atoms with Gasteiger partial charge in [-0.05, 0) is 44.2 Å². The Morgan fingerprint density at radius 2 is 1.69 bits per heavy atom. The number of pyridine rings is 1. The van der Waals surface area contributed by atoms with Crippen LogP contribution in [0, 0.1) is 17.2 Å². The van der Waals surface area contributed by atoms with E-state index in [1.165, 1.54) is 25.5 Å². The first kappa shape index (κ1) is 35.3. The van der Waals surface area contributed by atoms with Crippen LogP contribution in [0.4, 0.5) is 0 Å². The van der Waals surface area contributed by atoms with Gasteiger partial charge < -0.3 is 20.6 Å². The smallest absolute Gasteiger partial charge is 0.120 e. The summed E-state index contributed by atoms with van der Waals surface area (Å²) < 4.78 is 0. The number of hydrogen-bond acceptors (Lipinski definition) is 7. The van der Waals surface area contributed by atoms with Crippen LogP contribution >= 0.6 is 0 Å². The molecule has 1 aromatic carbocycles. The first-order chi connectivity index (χ1) is 19.0. The number of aliphatic imine (C=N–C) groups is 2. The van der Waals surface area contributed by atoms with Gasteiger partial charge in [0.1, 0.15) is 12.1 Å². The lowest BCUT2D eigenvalue weighted by Crippen LogP contribution is -2.24. The Kier molecular flexibility index (Phi) is 22.3. The highest BCUT2D eigenvalue weighted by atomic mass is 16.2. The van der Waals surface area contributed by atoms with Gasteiger partial charge in [-0.15, -0.1) is 0 Å². The number of carbonyl (C=O) groups is 1. The number of rotatable bonds is 8. The van der Waals surface area contributed by atoms with Gasteiger partial charge >= 0.3 is 0 Å². The first-order valence-electron chi connectivity index (χ1n) is 13.5. The van der Waals surface area contributed by atoms with Crippen molar-refractivity contribution >= 4 is 25.1 Å². The lowest BCUT2D eigenvalue weighted by Gasteiger charge is -2.16. The molecule has 0 saturated heterocycles. The molecule has 0 saturated carbocycles. The van der Waals surface area contributed by atoms with Crippen molar-refractivity contribution in [2.45, 2.75) is 65.3 Å². The summed E-state index contributed by atoms with van der Waals surface area (Å²) in [6, 6.07) is 17.7. The van der Waals surface area contributed by atoms with Gasteiger partial charge in [0.2, 0.25) is 0 Å². The molecule has 3 unspecified atom stereocenters. The third kappa shape index (κ3) is 18.2. The number of aliphatic hydroxyl groups is 1. The van der Waals surface area contributed by atoms with Crippen molar-refractivity contribution in [1.82, 2.24) is 10.3 Å². The zero-order chi connectivity index (χ0) is 29.1. The highest BCUT2D eigenvalue weighted by Gasteiger charge is 2.22. The van der Waals surface area contributed by atoms with Crippen LogP contribution in [0.2, 0.25) is 0 Å². The van der Waals surface area contributed by atoms with Crippen LogP contribution in [-0.2, 0) is 4.79 Å². The summed E-state index contributed by atoms with van der Waals surface area (Å²) in [5.74, 6) is 1.61. The Balaban J connectivity index is 0. The topological polar surface area (TPSA) is 111 Å². The number of nitrogens with zero attached hydrogens (tertiary/aromatic N) is 3. The van der Waals surface area contributed by atoms with E-state index in [1.807, 2.05) is 73.7 Å². The maximum Gasteiger partial charge on any atom is 0.120 e. The molecule has 1 aliphatic heterocycles. The van der Waals surface area contributed by atoms with E-state index in [0.29, 0.717) is 0 Å². The van der Waals surface area contributed by atoms with Crippen LogP contribution < -0.4 is 5.32 Å². The SMILES string of the molecule is C=NC1C=C2CC(=CC1C=N)N=C(C)N2.CCCCC(C)CCC=O.CO.[HH].c1ccccc1.c1ccncc1. The van der Waals surface area contributed by atoms with Crippen molar-refractivity contribution in [3.63, 3.8) is 0 Å². The van der Waals surface area contributed by atoms with E-state index in [1.54, 1.807) is 12.4 Å². The van der Waals surface area contributed by atoms with Crippen LogP contribution in [0.15, 0.2) is 101 Å². The highest BCUT2D eigenvalue weighted by molar-refractivity contribution is 5.84. The number of carbonyl (C=O) groups excluding carboxylic acids is 1. The number of amidine groups is 1. The van der Waals surface area contributed by atoms with Gasteiger partial charge in [0, 0.05) is 57.3 Å². The van der Waals surface area contributed by atoms with Crippen molar-refractivity contribution in [2.75, 3.05) is 7.11 Å². The lowest BCUT2D eigenvalue weighted by molar-refractivity contribution is -0.108. The van der Waals surface area contributed by atoms with Crippen molar-refractivity contribution in [3.05, 3.63) is 90.5 Å². The summed E-state index contributed by atoms with van der Waals surface area (Å²) in [4.78, 5) is 22.2. The highest BCUT2D eigenvalue weighted by Crippen LogP contribution is 2.25. The van der Waals surface area contributed by atoms with Crippen LogP contribution in [0.3, 0.4) is 0 Å². The molecule has 2 bridgehead atoms. The summed E-state index contributed by atoms with van der Waals surface area (Å²) in [5.41, 5.74) is 2.12. The molecule has 2 aromatic rings. The molecule has 1 aliphatic carbocycles. The predicted octanol–water partition coefficient (Wildman–Crippen LogP) is 6.93. The second-order valence-corrected chi connectivity index (χ2v) is 8.94. The molecule has 39 heavy (non-hydrogen) atoms. The van der Waals surface area contributed by atoms with Crippen molar-refractivity contribution in [1.29, 1.82) is 5.41 Å². The van der Waals surface area contributed by atoms with Gasteiger partial charge in [-0.1, -0.05) is 81.7 Å². The first-order valence-corrected chi connectivity index (χ1v) is 13.5. The molecule has 0 radical (unpaired) electrons. The molecule has 7 heteroatoms. The molecule has 0 spiro atoms. The summed E-state index contributed by atoms with van der Waals surface area (Å²) in [7, 11) is 1.00. The van der Waals surface area contributed by atoms with Gasteiger partial charge in [0.05, 0.1) is 6.04 Å². The van der Waals surface area contributed by atoms with Gasteiger partial charge in [0.15, 0.2) is 0 Å². The fourth-order valence-corrected chi connectivity index (χ4v) is 3.66. The molecule has 3 atom stereocenters. The van der Waals surface area contributed by atoms with E-state index in [-0.39, 0.29) is 13.4 Å². The van der Waals surface area contributed by atoms with Gasteiger partial charge in [-0.2, -0.15) is 0 Å². The average Bonchev–Trinajstić information content (AvgIpc) is 3.13. The molecule has 2 aliphatic rings. The Morgan fingerprint density at radius 1 is 1.10 bits per heavy atom. The predicted molar refractivity (Wildman–Crippen MR) is 168 cm³/mol. The normalized spacial score (nSPS) is 17.1. The Labute approximate surface area is 236 Å². The molecular formula is C32H49N5O2. The number of aliphatic hydroxyl groups excluding tert-OH is 1. The second kappa shape index (κ2) is 24.6. The van der Waals surface area contributed by atoms with Crippen molar-refractivity contribution in [3.8, 4) is 0 Å². The maximum absolute atomic E-state index is 9.98. The molecule has 3 N–H and O–H groups in total. The van der Waals surface area contributed by atoms with E-state index in [2.05, 4.69) is 40.9 Å². The van der Waals surface area contributed by atoms with E-state index in [4.69, 9.17) is 10.5 Å². The molecule has 214 valence electrons. The Bertz CT molecular complexity index is 896. The molecule has 0 amide bonds. The number of fused-ring (bicyclic) bond motifs is 2. The van der Waals surface area contributed by atoms with E-state index in [9.17, 15) is 4.79 Å². The van der Waals surface area contributed by atoms with Crippen molar-refractivity contribution in [2.24, 2.45) is 21.8 Å².